The summed E-state index contributed by atoms with van der Waals surface area (Å²) in [6.45, 7) is 2.76. The van der Waals surface area contributed by atoms with E-state index in [-0.39, 0.29) is 18.0 Å². The van der Waals surface area contributed by atoms with Gasteiger partial charge in [-0.15, -0.1) is 0 Å². The third kappa shape index (κ3) is 2.57. The van der Waals surface area contributed by atoms with Gasteiger partial charge in [-0.05, 0) is 31.7 Å². The Hall–Kier alpha value is -1.05. The Labute approximate surface area is 119 Å². The van der Waals surface area contributed by atoms with Crippen molar-refractivity contribution >= 4 is 10.0 Å². The van der Waals surface area contributed by atoms with Crippen molar-refractivity contribution in [2.24, 2.45) is 5.92 Å². The number of piperidine rings is 1. The van der Waals surface area contributed by atoms with Crippen LogP contribution in [0.1, 0.15) is 31.6 Å². The lowest BCUT2D eigenvalue weighted by Crippen LogP contribution is -2.45. The molecular weight excluding hydrogens is 278 g/mol. The van der Waals surface area contributed by atoms with Crippen LogP contribution < -0.4 is 0 Å². The fourth-order valence-corrected chi connectivity index (χ4v) is 4.14. The highest BCUT2D eigenvalue weighted by Gasteiger charge is 2.42. The minimum absolute atomic E-state index is 0.00922. The van der Waals surface area contributed by atoms with Gasteiger partial charge in [0, 0.05) is 19.3 Å². The molecule has 0 saturated carbocycles. The Morgan fingerprint density at radius 1 is 1.50 bits per heavy atom. The molecule has 0 radical (unpaired) electrons. The van der Waals surface area contributed by atoms with Crippen molar-refractivity contribution in [1.82, 2.24) is 14.3 Å². The van der Waals surface area contributed by atoms with E-state index in [0.29, 0.717) is 19.0 Å². The molecule has 20 heavy (non-hydrogen) atoms. The molecule has 3 rings (SSSR count). The molecule has 0 spiro atoms. The molecule has 0 unspecified atom stereocenters. The van der Waals surface area contributed by atoms with Crippen molar-refractivity contribution in [2.45, 2.75) is 32.0 Å². The van der Waals surface area contributed by atoms with E-state index in [1.54, 1.807) is 17.4 Å². The third-order valence-corrected chi connectivity index (χ3v) is 6.06. The highest BCUT2D eigenvalue weighted by atomic mass is 32.2. The summed E-state index contributed by atoms with van der Waals surface area (Å²) in [5.41, 5.74) is 0.888. The minimum Gasteiger partial charge on any atom is -0.367 e. The van der Waals surface area contributed by atoms with E-state index in [1.165, 1.54) is 6.33 Å². The van der Waals surface area contributed by atoms with Crippen LogP contribution in [0.25, 0.3) is 0 Å². The normalized spacial score (nSPS) is 31.1. The maximum Gasteiger partial charge on any atom is 0.213 e. The molecule has 0 aromatic carbocycles. The van der Waals surface area contributed by atoms with Crippen LogP contribution in [-0.4, -0.2) is 47.6 Å². The predicted octanol–water partition coefficient (Wildman–Crippen LogP) is 0.978. The molecule has 2 saturated heterocycles. The summed E-state index contributed by atoms with van der Waals surface area (Å²) in [4.78, 5) is 8.14. The van der Waals surface area contributed by atoms with Crippen molar-refractivity contribution in [3.8, 4) is 0 Å². The number of rotatable bonds is 3. The van der Waals surface area contributed by atoms with E-state index in [4.69, 9.17) is 4.74 Å². The van der Waals surface area contributed by atoms with Crippen molar-refractivity contribution < 1.29 is 13.2 Å². The Bertz CT molecular complexity index is 563. The molecule has 0 aliphatic carbocycles. The molecule has 3 heterocycles. The predicted molar refractivity (Wildman–Crippen MR) is 73.4 cm³/mol. The molecule has 2 aliphatic heterocycles. The van der Waals surface area contributed by atoms with Gasteiger partial charge in [0.05, 0.1) is 17.6 Å². The first kappa shape index (κ1) is 13.9. The van der Waals surface area contributed by atoms with Crippen LogP contribution in [0.3, 0.4) is 0 Å². The summed E-state index contributed by atoms with van der Waals surface area (Å²) in [5, 5.41) is 0. The molecule has 6 nitrogen and oxygen atoms in total. The lowest BCUT2D eigenvalue weighted by Gasteiger charge is -2.32. The second-order valence-electron chi connectivity index (χ2n) is 5.34. The number of hydrogen-bond acceptors (Lipinski definition) is 5. The lowest BCUT2D eigenvalue weighted by atomic mass is 9.92. The van der Waals surface area contributed by atoms with Gasteiger partial charge >= 0.3 is 0 Å². The zero-order valence-electron chi connectivity index (χ0n) is 11.5. The summed E-state index contributed by atoms with van der Waals surface area (Å²) < 4.78 is 31.5. The van der Waals surface area contributed by atoms with Crippen LogP contribution >= 0.6 is 0 Å². The second kappa shape index (κ2) is 5.38. The van der Waals surface area contributed by atoms with Gasteiger partial charge in [0.15, 0.2) is 0 Å². The topological polar surface area (TPSA) is 72.4 Å². The number of ether oxygens (including phenoxy) is 1. The number of hydrogen-bond donors (Lipinski definition) is 0. The molecule has 2 aliphatic rings. The number of sulfonamides is 1. The van der Waals surface area contributed by atoms with Gasteiger partial charge in [-0.1, -0.05) is 0 Å². The average Bonchev–Trinajstić information content (AvgIpc) is 2.91. The van der Waals surface area contributed by atoms with E-state index >= 15 is 0 Å². The van der Waals surface area contributed by atoms with Crippen molar-refractivity contribution in [3.05, 3.63) is 24.3 Å². The Morgan fingerprint density at radius 2 is 2.35 bits per heavy atom. The van der Waals surface area contributed by atoms with Gasteiger partial charge in [-0.2, -0.15) is 4.31 Å². The third-order valence-electron chi connectivity index (χ3n) is 4.21. The first-order valence-electron chi connectivity index (χ1n) is 6.99. The number of aromatic nitrogens is 2. The fraction of sp³-hybridized carbons (Fsp3) is 0.692. The standard InChI is InChI=1S/C13H19N3O3S/c1-2-20(17,18)16-6-4-10-7-12(19-13(10)8-16)11-3-5-14-9-15-11/h3,5,9-10,12-13H,2,4,6-8H2,1H3/t10-,12+,13+/m1/s1. The van der Waals surface area contributed by atoms with Gasteiger partial charge in [-0.25, -0.2) is 18.4 Å². The molecular formula is C13H19N3O3S. The van der Waals surface area contributed by atoms with Crippen LogP contribution in [0.4, 0.5) is 0 Å². The molecule has 1 aromatic rings. The van der Waals surface area contributed by atoms with Crippen LogP contribution in [0.5, 0.6) is 0 Å². The van der Waals surface area contributed by atoms with E-state index in [9.17, 15) is 8.42 Å². The highest BCUT2D eigenvalue weighted by Crippen LogP contribution is 2.40. The summed E-state index contributed by atoms with van der Waals surface area (Å²) in [6.07, 6.45) is 4.98. The van der Waals surface area contributed by atoms with E-state index in [2.05, 4.69) is 9.97 Å². The van der Waals surface area contributed by atoms with E-state index in [1.807, 2.05) is 6.07 Å². The van der Waals surface area contributed by atoms with Gasteiger partial charge in [-0.3, -0.25) is 0 Å². The van der Waals surface area contributed by atoms with E-state index in [0.717, 1.165) is 18.5 Å². The summed E-state index contributed by atoms with van der Waals surface area (Å²) in [7, 11) is -3.11. The van der Waals surface area contributed by atoms with Crippen molar-refractivity contribution in [1.29, 1.82) is 0 Å². The molecule has 0 amide bonds. The number of fused-ring (bicyclic) bond motifs is 1. The van der Waals surface area contributed by atoms with E-state index < -0.39 is 10.0 Å². The summed E-state index contributed by atoms with van der Waals surface area (Å²) >= 11 is 0. The molecule has 0 N–H and O–H groups in total. The van der Waals surface area contributed by atoms with Gasteiger partial charge in [0.1, 0.15) is 12.4 Å². The summed E-state index contributed by atoms with van der Waals surface area (Å²) in [6, 6.07) is 1.86. The smallest absolute Gasteiger partial charge is 0.213 e. The van der Waals surface area contributed by atoms with Gasteiger partial charge in [0.25, 0.3) is 0 Å². The van der Waals surface area contributed by atoms with Crippen LogP contribution in [0.15, 0.2) is 18.6 Å². The molecule has 2 fully saturated rings. The van der Waals surface area contributed by atoms with Gasteiger partial charge in [0.2, 0.25) is 10.0 Å². The highest BCUT2D eigenvalue weighted by molar-refractivity contribution is 7.89. The molecule has 0 bridgehead atoms. The van der Waals surface area contributed by atoms with Crippen LogP contribution in [0.2, 0.25) is 0 Å². The Kier molecular flexibility index (Phi) is 3.74. The number of nitrogens with zero attached hydrogens (tertiary/aromatic N) is 3. The second-order valence-corrected chi connectivity index (χ2v) is 7.60. The maximum atomic E-state index is 11.9. The largest absolute Gasteiger partial charge is 0.367 e. The lowest BCUT2D eigenvalue weighted by molar-refractivity contribution is 0.00863. The fourth-order valence-electron chi connectivity index (χ4n) is 3.02. The van der Waals surface area contributed by atoms with Crippen molar-refractivity contribution in [2.75, 3.05) is 18.8 Å². The maximum absolute atomic E-state index is 11.9. The Balaban J connectivity index is 1.71. The zero-order chi connectivity index (χ0) is 14.2. The average molecular weight is 297 g/mol. The van der Waals surface area contributed by atoms with Gasteiger partial charge < -0.3 is 4.74 Å². The molecule has 3 atom stereocenters. The van der Waals surface area contributed by atoms with Crippen molar-refractivity contribution in [3.63, 3.8) is 0 Å². The quantitative estimate of drug-likeness (QED) is 0.831. The molecule has 7 heteroatoms. The zero-order valence-corrected chi connectivity index (χ0v) is 12.3. The Morgan fingerprint density at radius 3 is 3.05 bits per heavy atom. The summed E-state index contributed by atoms with van der Waals surface area (Å²) in [5.74, 6) is 0.581. The first-order valence-corrected chi connectivity index (χ1v) is 8.60. The molecule has 1 aromatic heterocycles. The molecule has 110 valence electrons. The first-order chi connectivity index (χ1) is 9.60. The SMILES string of the molecule is CCS(=O)(=O)N1CC[C@@H]2C[C@@H](c3ccncn3)O[C@H]2C1. The van der Waals surface area contributed by atoms with Crippen LogP contribution in [0, 0.1) is 5.92 Å². The van der Waals surface area contributed by atoms with Crippen LogP contribution in [-0.2, 0) is 14.8 Å². The minimum atomic E-state index is -3.11. The monoisotopic (exact) mass is 297 g/mol.